The first-order chi connectivity index (χ1) is 14.3. The van der Waals surface area contributed by atoms with Gasteiger partial charge in [-0.3, -0.25) is 0 Å². The fourth-order valence-electron chi connectivity index (χ4n) is 4.14. The Morgan fingerprint density at radius 2 is 1.50 bits per heavy atom. The Balaban J connectivity index is 1.61. The molecule has 0 atom stereocenters. The number of rotatable bonds is 1. The third-order valence-corrected chi connectivity index (χ3v) is 5.62. The highest BCUT2D eigenvalue weighted by molar-refractivity contribution is 5.92. The van der Waals surface area contributed by atoms with Crippen molar-refractivity contribution in [1.29, 1.82) is 0 Å². The lowest BCUT2D eigenvalue weighted by molar-refractivity contribution is 0.152. The zero-order valence-corrected chi connectivity index (χ0v) is 17.4. The lowest BCUT2D eigenvalue weighted by Crippen LogP contribution is -2.30. The fourth-order valence-corrected chi connectivity index (χ4v) is 4.14. The molecule has 30 heavy (non-hydrogen) atoms. The summed E-state index contributed by atoms with van der Waals surface area (Å²) in [5, 5.41) is 0.951. The fraction of sp³-hybridized carbons (Fsp3) is 0.280. The summed E-state index contributed by atoms with van der Waals surface area (Å²) >= 11 is 0. The number of hydrogen-bond donors (Lipinski definition) is 0. The Kier molecular flexibility index (Phi) is 3.28. The first-order valence-electron chi connectivity index (χ1n) is 10.1. The van der Waals surface area contributed by atoms with E-state index in [1.54, 1.807) is 0 Å². The van der Waals surface area contributed by atoms with Crippen molar-refractivity contribution in [3.63, 3.8) is 0 Å². The van der Waals surface area contributed by atoms with E-state index in [9.17, 15) is 0 Å². The summed E-state index contributed by atoms with van der Waals surface area (Å²) in [6.45, 7) is 8.42. The molecule has 0 saturated heterocycles. The van der Waals surface area contributed by atoms with Gasteiger partial charge in [0.05, 0.1) is 5.56 Å². The van der Waals surface area contributed by atoms with Crippen LogP contribution < -0.4 is 18.9 Å². The molecule has 5 nitrogen and oxygen atoms in total. The molecule has 0 saturated carbocycles. The van der Waals surface area contributed by atoms with Crippen LogP contribution in [0, 0.1) is 0 Å². The minimum absolute atomic E-state index is 0.238. The molecule has 0 N–H and O–H groups in total. The van der Waals surface area contributed by atoms with Gasteiger partial charge in [-0.1, -0.05) is 12.2 Å². The molecule has 3 aliphatic rings. The molecule has 3 aromatic rings. The normalized spacial score (nSPS) is 19.2. The van der Waals surface area contributed by atoms with Crippen LogP contribution in [0.15, 0.2) is 40.8 Å². The van der Waals surface area contributed by atoms with Crippen LogP contribution in [0.2, 0.25) is 0 Å². The second kappa shape index (κ2) is 5.63. The average molecular weight is 402 g/mol. The topological polar surface area (TPSA) is 50.1 Å². The maximum Gasteiger partial charge on any atom is 0.231 e. The maximum absolute atomic E-state index is 6.41. The van der Waals surface area contributed by atoms with Gasteiger partial charge in [-0.15, -0.1) is 0 Å². The molecular formula is C25H22O5. The van der Waals surface area contributed by atoms with Gasteiger partial charge in [0.1, 0.15) is 34.0 Å². The Morgan fingerprint density at radius 1 is 0.767 bits per heavy atom. The van der Waals surface area contributed by atoms with E-state index < -0.39 is 5.60 Å². The van der Waals surface area contributed by atoms with Crippen molar-refractivity contribution >= 4 is 23.1 Å². The largest absolute Gasteiger partial charge is 0.483 e. The van der Waals surface area contributed by atoms with Crippen LogP contribution in [-0.4, -0.2) is 18.0 Å². The van der Waals surface area contributed by atoms with Crippen LogP contribution in [0.3, 0.4) is 0 Å². The molecule has 0 fully saturated rings. The number of hydrogen-bond acceptors (Lipinski definition) is 5. The van der Waals surface area contributed by atoms with Gasteiger partial charge in [-0.25, -0.2) is 0 Å². The molecule has 5 heteroatoms. The van der Waals surface area contributed by atoms with Gasteiger partial charge in [-0.05, 0) is 58.0 Å². The molecule has 1 aromatic heterocycles. The highest BCUT2D eigenvalue weighted by atomic mass is 16.7. The monoisotopic (exact) mass is 402 g/mol. The van der Waals surface area contributed by atoms with Crippen molar-refractivity contribution in [1.82, 2.24) is 0 Å². The Hall–Kier alpha value is -3.34. The highest BCUT2D eigenvalue weighted by Gasteiger charge is 2.32. The Labute approximate surface area is 174 Å². The predicted molar refractivity (Wildman–Crippen MR) is 115 cm³/mol. The molecule has 0 spiro atoms. The number of benzene rings is 2. The van der Waals surface area contributed by atoms with Crippen LogP contribution >= 0.6 is 0 Å². The smallest absolute Gasteiger partial charge is 0.231 e. The lowest BCUT2D eigenvalue weighted by Gasteiger charge is -2.33. The zero-order valence-electron chi connectivity index (χ0n) is 17.4. The predicted octanol–water partition coefficient (Wildman–Crippen LogP) is 6.20. The molecule has 0 amide bonds. The third-order valence-electron chi connectivity index (χ3n) is 5.62. The summed E-state index contributed by atoms with van der Waals surface area (Å²) in [5.74, 6) is 3.77. The van der Waals surface area contributed by atoms with Crippen LogP contribution in [-0.2, 0) is 0 Å². The molecular weight excluding hydrogens is 380 g/mol. The van der Waals surface area contributed by atoms with E-state index in [2.05, 4.69) is 24.3 Å². The number of furan rings is 1. The van der Waals surface area contributed by atoms with E-state index >= 15 is 0 Å². The SMILES string of the molecule is CC1(C)C=Cc2c(cc3c(c2-c2cc4cc5c(cc4o2)OCO5)OC(C)(C)C=C3)O1. The summed E-state index contributed by atoms with van der Waals surface area (Å²) in [6, 6.07) is 7.90. The van der Waals surface area contributed by atoms with Crippen LogP contribution in [0.1, 0.15) is 38.8 Å². The van der Waals surface area contributed by atoms with Crippen molar-refractivity contribution in [2.45, 2.75) is 38.9 Å². The van der Waals surface area contributed by atoms with Crippen molar-refractivity contribution in [2.75, 3.05) is 6.79 Å². The minimum Gasteiger partial charge on any atom is -0.483 e. The average Bonchev–Trinajstić information content (AvgIpc) is 3.28. The second-order valence-electron chi connectivity index (χ2n) is 9.01. The van der Waals surface area contributed by atoms with Crippen molar-refractivity contribution in [3.05, 3.63) is 47.5 Å². The number of fused-ring (bicyclic) bond motifs is 4. The standard InChI is InChI=1S/C25H22O5/c1-24(2)8-6-16-18(29-24)9-14-5-7-25(3,4)30-23(14)22(16)21-11-15-10-19-20(27-13-26-19)12-17(15)28-21/h5-12H,13H2,1-4H3. The van der Waals surface area contributed by atoms with Gasteiger partial charge in [0.25, 0.3) is 0 Å². The van der Waals surface area contributed by atoms with Gasteiger partial charge in [0, 0.05) is 22.6 Å². The molecule has 6 rings (SSSR count). The number of ether oxygens (including phenoxy) is 4. The van der Waals surface area contributed by atoms with Gasteiger partial charge in [0.15, 0.2) is 11.5 Å². The highest BCUT2D eigenvalue weighted by Crippen LogP contribution is 2.50. The maximum atomic E-state index is 6.41. The van der Waals surface area contributed by atoms with Crippen LogP contribution in [0.4, 0.5) is 0 Å². The Morgan fingerprint density at radius 3 is 2.33 bits per heavy atom. The van der Waals surface area contributed by atoms with Crippen LogP contribution in [0.25, 0.3) is 34.4 Å². The summed E-state index contributed by atoms with van der Waals surface area (Å²) in [7, 11) is 0. The van der Waals surface area contributed by atoms with E-state index in [0.29, 0.717) is 5.75 Å². The lowest BCUT2D eigenvalue weighted by atomic mass is 9.91. The molecule has 3 aliphatic heterocycles. The molecule has 0 aliphatic carbocycles. The van der Waals surface area contributed by atoms with Crippen molar-refractivity contribution in [3.8, 4) is 34.3 Å². The zero-order chi connectivity index (χ0) is 20.7. The Bertz CT molecular complexity index is 1230. The molecule has 0 bridgehead atoms. The quantitative estimate of drug-likeness (QED) is 0.485. The molecule has 2 aromatic carbocycles. The van der Waals surface area contributed by atoms with Gasteiger partial charge in [0.2, 0.25) is 6.79 Å². The van der Waals surface area contributed by atoms with Gasteiger partial charge < -0.3 is 23.4 Å². The van der Waals surface area contributed by atoms with Crippen LogP contribution in [0.5, 0.6) is 23.0 Å². The van der Waals surface area contributed by atoms with E-state index in [1.807, 2.05) is 52.0 Å². The molecule has 4 heterocycles. The second-order valence-corrected chi connectivity index (χ2v) is 9.01. The van der Waals surface area contributed by atoms with E-state index in [1.165, 1.54) is 0 Å². The first kappa shape index (κ1) is 17.5. The summed E-state index contributed by atoms with van der Waals surface area (Å²) in [4.78, 5) is 0. The first-order valence-corrected chi connectivity index (χ1v) is 10.1. The van der Waals surface area contributed by atoms with E-state index in [4.69, 9.17) is 23.4 Å². The summed E-state index contributed by atoms with van der Waals surface area (Å²) < 4.78 is 30.0. The van der Waals surface area contributed by atoms with Gasteiger partial charge in [-0.2, -0.15) is 0 Å². The molecule has 0 radical (unpaired) electrons. The van der Waals surface area contributed by atoms with Crippen molar-refractivity contribution < 1.29 is 23.4 Å². The van der Waals surface area contributed by atoms with Gasteiger partial charge >= 0.3 is 0 Å². The molecule has 0 unspecified atom stereocenters. The summed E-state index contributed by atoms with van der Waals surface area (Å²) in [6.07, 6.45) is 8.32. The molecule has 152 valence electrons. The minimum atomic E-state index is -0.413. The summed E-state index contributed by atoms with van der Waals surface area (Å²) in [5.41, 5.74) is 2.78. The van der Waals surface area contributed by atoms with E-state index in [-0.39, 0.29) is 12.4 Å². The third kappa shape index (κ3) is 2.61. The van der Waals surface area contributed by atoms with Crippen molar-refractivity contribution in [2.24, 2.45) is 0 Å². The van der Waals surface area contributed by atoms with E-state index in [0.717, 1.165) is 50.7 Å².